The van der Waals surface area contributed by atoms with E-state index in [2.05, 4.69) is 33.8 Å². The second kappa shape index (κ2) is 2.70. The highest BCUT2D eigenvalue weighted by Gasteiger charge is 2.62. The van der Waals surface area contributed by atoms with E-state index in [1.54, 1.807) is 5.57 Å². The Bertz CT molecular complexity index is 323. The maximum Gasteiger partial charge on any atom is -0.0146 e. The first-order valence-corrected chi connectivity index (χ1v) is 6.65. The number of rotatable bonds is 0. The van der Waals surface area contributed by atoms with E-state index >= 15 is 0 Å². The van der Waals surface area contributed by atoms with Crippen LogP contribution in [0.2, 0.25) is 0 Å². The van der Waals surface area contributed by atoms with Crippen molar-refractivity contribution in [3.8, 4) is 0 Å². The molecule has 2 unspecified atom stereocenters. The minimum absolute atomic E-state index is 0.571. The molecule has 0 aliphatic heterocycles. The van der Waals surface area contributed by atoms with Crippen LogP contribution in [0.3, 0.4) is 0 Å². The molecular formula is C15H24. The van der Waals surface area contributed by atoms with E-state index in [4.69, 9.17) is 0 Å². The molecule has 15 heavy (non-hydrogen) atoms. The fourth-order valence-electron chi connectivity index (χ4n) is 5.35. The smallest absolute Gasteiger partial charge is 0.0146 e. The Morgan fingerprint density at radius 1 is 1.27 bits per heavy atom. The predicted molar refractivity (Wildman–Crippen MR) is 64.6 cm³/mol. The third-order valence-electron chi connectivity index (χ3n) is 6.30. The van der Waals surface area contributed by atoms with Gasteiger partial charge in [-0.2, -0.15) is 0 Å². The van der Waals surface area contributed by atoms with E-state index in [0.717, 1.165) is 17.8 Å². The monoisotopic (exact) mass is 204 g/mol. The second-order valence-corrected chi connectivity index (χ2v) is 6.99. The Morgan fingerprint density at radius 3 is 2.73 bits per heavy atom. The van der Waals surface area contributed by atoms with E-state index in [9.17, 15) is 0 Å². The van der Waals surface area contributed by atoms with Crippen LogP contribution in [0.1, 0.15) is 53.4 Å². The molecule has 0 aromatic rings. The van der Waals surface area contributed by atoms with Gasteiger partial charge in [-0.05, 0) is 61.2 Å². The normalized spacial score (nSPS) is 51.5. The first kappa shape index (κ1) is 9.93. The van der Waals surface area contributed by atoms with E-state index in [0.29, 0.717) is 10.8 Å². The maximum atomic E-state index is 2.57. The molecule has 0 aromatic heterocycles. The maximum absolute atomic E-state index is 2.57. The zero-order valence-electron chi connectivity index (χ0n) is 10.6. The van der Waals surface area contributed by atoms with Crippen molar-refractivity contribution < 1.29 is 0 Å². The largest absolute Gasteiger partial charge is 0.0847 e. The van der Waals surface area contributed by atoms with Crippen LogP contribution in [-0.4, -0.2) is 0 Å². The molecule has 3 aliphatic carbocycles. The summed E-state index contributed by atoms with van der Waals surface area (Å²) in [6, 6.07) is 0. The van der Waals surface area contributed by atoms with E-state index in [-0.39, 0.29) is 0 Å². The number of fused-ring (bicyclic) bond motifs is 1. The van der Waals surface area contributed by atoms with Crippen molar-refractivity contribution in [2.24, 2.45) is 28.6 Å². The fraction of sp³-hybridized carbons (Fsp3) is 0.867. The Balaban J connectivity index is 2.11. The van der Waals surface area contributed by atoms with Crippen LogP contribution >= 0.6 is 0 Å². The van der Waals surface area contributed by atoms with Crippen molar-refractivity contribution in [3.05, 3.63) is 11.6 Å². The second-order valence-electron chi connectivity index (χ2n) is 6.99. The molecule has 84 valence electrons. The lowest BCUT2D eigenvalue weighted by Crippen LogP contribution is -2.30. The first-order chi connectivity index (χ1) is 6.98. The van der Waals surface area contributed by atoms with Crippen LogP contribution < -0.4 is 0 Å². The molecule has 0 nitrogen and oxygen atoms in total. The van der Waals surface area contributed by atoms with Crippen LogP contribution in [0.15, 0.2) is 11.6 Å². The lowest BCUT2D eigenvalue weighted by molar-refractivity contribution is 0.128. The topological polar surface area (TPSA) is 0 Å². The lowest BCUT2D eigenvalue weighted by atomic mass is 9.68. The van der Waals surface area contributed by atoms with Gasteiger partial charge in [0.1, 0.15) is 0 Å². The van der Waals surface area contributed by atoms with Crippen LogP contribution in [-0.2, 0) is 0 Å². The van der Waals surface area contributed by atoms with E-state index < -0.39 is 0 Å². The minimum atomic E-state index is 0.571. The Hall–Kier alpha value is -0.260. The summed E-state index contributed by atoms with van der Waals surface area (Å²) in [5.74, 6) is 2.86. The van der Waals surface area contributed by atoms with Gasteiger partial charge in [0, 0.05) is 0 Å². The van der Waals surface area contributed by atoms with Crippen LogP contribution in [0.25, 0.3) is 0 Å². The van der Waals surface area contributed by atoms with Crippen LogP contribution in [0, 0.1) is 28.6 Å². The fourth-order valence-corrected chi connectivity index (χ4v) is 5.35. The summed E-state index contributed by atoms with van der Waals surface area (Å²) in [6.45, 7) is 9.94. The van der Waals surface area contributed by atoms with Crippen molar-refractivity contribution in [2.45, 2.75) is 53.4 Å². The summed E-state index contributed by atoms with van der Waals surface area (Å²) in [5, 5.41) is 0. The van der Waals surface area contributed by atoms with Crippen LogP contribution in [0.5, 0.6) is 0 Å². The van der Waals surface area contributed by atoms with Crippen molar-refractivity contribution in [3.63, 3.8) is 0 Å². The molecule has 2 fully saturated rings. The molecule has 0 amide bonds. The number of hydrogen-bond donors (Lipinski definition) is 0. The van der Waals surface area contributed by atoms with Gasteiger partial charge in [0.25, 0.3) is 0 Å². The number of hydrogen-bond acceptors (Lipinski definition) is 0. The van der Waals surface area contributed by atoms with Gasteiger partial charge in [-0.15, -0.1) is 0 Å². The van der Waals surface area contributed by atoms with Crippen molar-refractivity contribution in [1.29, 1.82) is 0 Å². The molecule has 0 heterocycles. The van der Waals surface area contributed by atoms with Gasteiger partial charge in [-0.3, -0.25) is 0 Å². The van der Waals surface area contributed by atoms with Gasteiger partial charge < -0.3 is 0 Å². The average Bonchev–Trinajstić information content (AvgIpc) is 2.57. The summed E-state index contributed by atoms with van der Waals surface area (Å²) in [5.41, 5.74) is 2.96. The molecule has 2 saturated carbocycles. The Labute approximate surface area is 94.1 Å². The summed E-state index contributed by atoms with van der Waals surface area (Å²) >= 11 is 0. The van der Waals surface area contributed by atoms with Gasteiger partial charge in [0.2, 0.25) is 0 Å². The van der Waals surface area contributed by atoms with Gasteiger partial charge in [-0.1, -0.05) is 32.4 Å². The molecule has 3 rings (SSSR count). The Kier molecular flexibility index (Phi) is 1.79. The molecule has 1 spiro atoms. The standard InChI is InChI=1S/C15H24/c1-10-7-8-15-9-12(10)14(3,4)13(15)6-5-11(15)2/h7,11-13H,5-6,8-9H2,1-4H3/t11-,12?,13+,15?/m1/s1. The first-order valence-electron chi connectivity index (χ1n) is 6.65. The van der Waals surface area contributed by atoms with E-state index in [1.165, 1.54) is 25.7 Å². The highest BCUT2D eigenvalue weighted by molar-refractivity contribution is 5.25. The highest BCUT2D eigenvalue weighted by Crippen LogP contribution is 2.71. The summed E-state index contributed by atoms with van der Waals surface area (Å²) in [7, 11) is 0. The average molecular weight is 204 g/mol. The van der Waals surface area contributed by atoms with Crippen molar-refractivity contribution in [1.82, 2.24) is 0 Å². The molecule has 0 N–H and O–H groups in total. The molecule has 3 aliphatic rings. The molecule has 0 heteroatoms. The molecule has 0 radical (unpaired) electrons. The number of allylic oxidation sites excluding steroid dienone is 2. The van der Waals surface area contributed by atoms with Gasteiger partial charge >= 0.3 is 0 Å². The zero-order chi connectivity index (χ0) is 10.8. The van der Waals surface area contributed by atoms with Gasteiger partial charge in [0.05, 0.1) is 0 Å². The third-order valence-corrected chi connectivity index (χ3v) is 6.30. The van der Waals surface area contributed by atoms with Gasteiger partial charge in [-0.25, -0.2) is 0 Å². The van der Waals surface area contributed by atoms with Gasteiger partial charge in [0.15, 0.2) is 0 Å². The third kappa shape index (κ3) is 0.990. The lowest BCUT2D eigenvalue weighted by Gasteiger charge is -2.36. The SMILES string of the molecule is CC1=CCC23CC1C(C)(C)[C@@H]2CC[C@H]3C. The van der Waals surface area contributed by atoms with Crippen LogP contribution in [0.4, 0.5) is 0 Å². The summed E-state index contributed by atoms with van der Waals surface area (Å²) in [6.07, 6.45) is 8.41. The predicted octanol–water partition coefficient (Wildman–Crippen LogP) is 4.42. The quantitative estimate of drug-likeness (QED) is 0.513. The van der Waals surface area contributed by atoms with Crippen molar-refractivity contribution >= 4 is 0 Å². The summed E-state index contributed by atoms with van der Waals surface area (Å²) < 4.78 is 0. The Morgan fingerprint density at radius 2 is 2.00 bits per heavy atom. The van der Waals surface area contributed by atoms with E-state index in [1.807, 2.05) is 0 Å². The molecular weight excluding hydrogens is 180 g/mol. The molecule has 0 aromatic carbocycles. The highest BCUT2D eigenvalue weighted by atomic mass is 14.7. The molecule has 0 saturated heterocycles. The molecule has 2 bridgehead atoms. The minimum Gasteiger partial charge on any atom is -0.0847 e. The molecule has 4 atom stereocenters. The van der Waals surface area contributed by atoms with Crippen molar-refractivity contribution in [2.75, 3.05) is 0 Å². The summed E-state index contributed by atoms with van der Waals surface area (Å²) in [4.78, 5) is 0. The zero-order valence-corrected chi connectivity index (χ0v) is 10.6.